The molecule has 0 unspecified atom stereocenters. The van der Waals surface area contributed by atoms with Gasteiger partial charge >= 0.3 is 0 Å². The molecule has 0 aromatic carbocycles. The van der Waals surface area contributed by atoms with Crippen molar-refractivity contribution in [2.45, 2.75) is 26.3 Å². The zero-order valence-electron chi connectivity index (χ0n) is 13.6. The third-order valence-corrected chi connectivity index (χ3v) is 4.63. The molecular weight excluding hydrogens is 319 g/mol. The summed E-state index contributed by atoms with van der Waals surface area (Å²) in [5, 5.41) is 12.8. The van der Waals surface area contributed by atoms with E-state index in [4.69, 9.17) is 5.10 Å². The Morgan fingerprint density at radius 3 is 3.00 bits per heavy atom. The molecule has 6 nitrogen and oxygen atoms in total. The van der Waals surface area contributed by atoms with Crippen LogP contribution in [0.1, 0.15) is 17.8 Å². The molecule has 4 aromatic heterocycles. The molecule has 5 heterocycles. The van der Waals surface area contributed by atoms with Gasteiger partial charge in [-0.2, -0.15) is 10.2 Å². The summed E-state index contributed by atoms with van der Waals surface area (Å²) in [5.41, 5.74) is 6.39. The Kier molecular flexibility index (Phi) is 2.97. The average Bonchev–Trinajstić information content (AvgIpc) is 3.29. The second kappa shape index (κ2) is 5.20. The Morgan fingerprint density at radius 1 is 1.24 bits per heavy atom. The summed E-state index contributed by atoms with van der Waals surface area (Å²) in [7, 11) is 0. The topological polar surface area (TPSA) is 72.3 Å². The van der Waals surface area contributed by atoms with Crippen LogP contribution in [0.4, 0.5) is 4.39 Å². The molecule has 0 aliphatic carbocycles. The maximum Gasteiger partial charge on any atom is 0.155 e. The van der Waals surface area contributed by atoms with Gasteiger partial charge in [0.05, 0.1) is 18.1 Å². The maximum absolute atomic E-state index is 13.3. The van der Waals surface area contributed by atoms with Crippen molar-refractivity contribution in [3.63, 3.8) is 0 Å². The van der Waals surface area contributed by atoms with Crippen molar-refractivity contribution >= 4 is 11.0 Å². The first-order valence-corrected chi connectivity index (χ1v) is 8.23. The molecule has 25 heavy (non-hydrogen) atoms. The van der Waals surface area contributed by atoms with Crippen LogP contribution in [0.15, 0.2) is 30.6 Å². The average molecular weight is 334 g/mol. The van der Waals surface area contributed by atoms with Gasteiger partial charge in [0.1, 0.15) is 11.5 Å². The molecule has 0 radical (unpaired) electrons. The Balaban J connectivity index is 1.83. The van der Waals surface area contributed by atoms with Gasteiger partial charge in [-0.25, -0.2) is 9.37 Å². The van der Waals surface area contributed by atoms with Crippen LogP contribution in [0, 0.1) is 12.7 Å². The summed E-state index contributed by atoms with van der Waals surface area (Å²) in [4.78, 5) is 8.75. The molecule has 1 aliphatic rings. The van der Waals surface area contributed by atoms with Crippen LogP contribution < -0.4 is 0 Å². The highest BCUT2D eigenvalue weighted by atomic mass is 19.1. The Bertz CT molecular complexity index is 1090. The number of nitrogens with zero attached hydrogens (tertiary/aromatic N) is 5. The number of pyridine rings is 2. The highest BCUT2D eigenvalue weighted by Crippen LogP contribution is 2.39. The van der Waals surface area contributed by atoms with Crippen LogP contribution in [-0.4, -0.2) is 29.9 Å². The lowest BCUT2D eigenvalue weighted by Gasteiger charge is -2.07. The summed E-state index contributed by atoms with van der Waals surface area (Å²) < 4.78 is 15.3. The minimum atomic E-state index is -0.353. The van der Waals surface area contributed by atoms with Gasteiger partial charge in [0, 0.05) is 34.4 Å². The van der Waals surface area contributed by atoms with Crippen molar-refractivity contribution in [3.05, 3.63) is 47.8 Å². The molecule has 0 amide bonds. The molecule has 7 heteroatoms. The quantitative estimate of drug-likeness (QED) is 0.611. The van der Waals surface area contributed by atoms with E-state index in [-0.39, 0.29) is 5.82 Å². The van der Waals surface area contributed by atoms with Crippen LogP contribution in [0.3, 0.4) is 0 Å². The van der Waals surface area contributed by atoms with E-state index in [1.807, 2.05) is 11.6 Å². The van der Waals surface area contributed by atoms with Gasteiger partial charge in [-0.15, -0.1) is 0 Å². The van der Waals surface area contributed by atoms with Gasteiger partial charge in [0.2, 0.25) is 0 Å². The molecule has 0 saturated heterocycles. The van der Waals surface area contributed by atoms with Gasteiger partial charge in [-0.3, -0.25) is 14.8 Å². The fraction of sp³-hybridized carbons (Fsp3) is 0.222. The van der Waals surface area contributed by atoms with Crippen molar-refractivity contribution in [2.24, 2.45) is 0 Å². The van der Waals surface area contributed by atoms with Crippen LogP contribution >= 0.6 is 0 Å². The van der Waals surface area contributed by atoms with Crippen LogP contribution in [0.2, 0.25) is 0 Å². The van der Waals surface area contributed by atoms with E-state index in [9.17, 15) is 4.39 Å². The number of fused-ring (bicyclic) bond motifs is 2. The molecule has 4 aromatic rings. The minimum absolute atomic E-state index is 0.353. The van der Waals surface area contributed by atoms with E-state index in [0.29, 0.717) is 5.69 Å². The van der Waals surface area contributed by atoms with E-state index in [2.05, 4.69) is 26.2 Å². The largest absolute Gasteiger partial charge is 0.268 e. The number of aryl methyl sites for hydroxylation is 2. The van der Waals surface area contributed by atoms with E-state index >= 15 is 0 Å². The molecule has 0 saturated carbocycles. The predicted molar refractivity (Wildman–Crippen MR) is 91.4 cm³/mol. The predicted octanol–water partition coefficient (Wildman–Crippen LogP) is 3.28. The number of aromatic nitrogens is 6. The van der Waals surface area contributed by atoms with Gasteiger partial charge in [-0.1, -0.05) is 0 Å². The number of hydrogen-bond donors (Lipinski definition) is 1. The van der Waals surface area contributed by atoms with Crippen LogP contribution in [-0.2, 0) is 13.0 Å². The van der Waals surface area contributed by atoms with E-state index in [1.165, 1.54) is 18.0 Å². The third kappa shape index (κ3) is 2.15. The highest BCUT2D eigenvalue weighted by Gasteiger charge is 2.26. The van der Waals surface area contributed by atoms with E-state index in [0.717, 1.165) is 52.9 Å². The molecule has 0 fully saturated rings. The zero-order chi connectivity index (χ0) is 17.0. The maximum atomic E-state index is 13.3. The molecule has 1 N–H and O–H groups in total. The third-order valence-electron chi connectivity index (χ3n) is 4.63. The smallest absolute Gasteiger partial charge is 0.155 e. The molecule has 5 rings (SSSR count). The van der Waals surface area contributed by atoms with E-state index < -0.39 is 0 Å². The summed E-state index contributed by atoms with van der Waals surface area (Å²) in [5.74, 6) is -0.353. The normalized spacial score (nSPS) is 13.5. The van der Waals surface area contributed by atoms with Crippen LogP contribution in [0.5, 0.6) is 0 Å². The number of halogens is 1. The first kappa shape index (κ1) is 14.3. The fourth-order valence-electron chi connectivity index (χ4n) is 3.57. The van der Waals surface area contributed by atoms with Crippen LogP contribution in [0.25, 0.3) is 33.5 Å². The summed E-state index contributed by atoms with van der Waals surface area (Å²) in [6, 6.07) is 5.15. The number of aromatic amines is 1. The monoisotopic (exact) mass is 334 g/mol. The summed E-state index contributed by atoms with van der Waals surface area (Å²) >= 11 is 0. The molecule has 0 atom stereocenters. The lowest BCUT2D eigenvalue weighted by Crippen LogP contribution is -1.94. The van der Waals surface area contributed by atoms with Gasteiger partial charge in [0.15, 0.2) is 5.65 Å². The Hall–Kier alpha value is -3.09. The number of rotatable bonds is 2. The van der Waals surface area contributed by atoms with Crippen molar-refractivity contribution in [3.8, 4) is 22.5 Å². The first-order chi connectivity index (χ1) is 12.2. The van der Waals surface area contributed by atoms with Crippen molar-refractivity contribution in [2.75, 3.05) is 0 Å². The standard InChI is InChI=1S/C18H15FN6/c1-10-7-12(13-9-21-23-18(13)22-10)16-15-3-2-6-25(15)24-17(16)14-5-4-11(19)8-20-14/h4-5,7-9H,2-3,6H2,1H3,(H,21,22,23). The molecule has 0 spiro atoms. The second-order valence-electron chi connectivity index (χ2n) is 6.30. The minimum Gasteiger partial charge on any atom is -0.268 e. The second-order valence-corrected chi connectivity index (χ2v) is 6.30. The lowest BCUT2D eigenvalue weighted by atomic mass is 9.97. The SMILES string of the molecule is Cc1cc(-c2c(-c3ccc(F)cn3)nn3c2CCC3)c2cn[nH]c2n1. The number of hydrogen-bond acceptors (Lipinski definition) is 4. The Morgan fingerprint density at radius 2 is 2.16 bits per heavy atom. The number of nitrogens with one attached hydrogen (secondary N) is 1. The summed E-state index contributed by atoms with van der Waals surface area (Å²) in [6.45, 7) is 2.85. The van der Waals surface area contributed by atoms with Crippen molar-refractivity contribution in [1.29, 1.82) is 0 Å². The molecule has 124 valence electrons. The van der Waals surface area contributed by atoms with Crippen molar-refractivity contribution < 1.29 is 4.39 Å². The van der Waals surface area contributed by atoms with Crippen molar-refractivity contribution in [1.82, 2.24) is 29.9 Å². The fourth-order valence-corrected chi connectivity index (χ4v) is 3.57. The zero-order valence-corrected chi connectivity index (χ0v) is 13.6. The van der Waals surface area contributed by atoms with Gasteiger partial charge in [-0.05, 0) is 38.0 Å². The summed E-state index contributed by atoms with van der Waals surface area (Å²) in [6.07, 6.45) is 5.06. The Labute approximate surface area is 142 Å². The highest BCUT2D eigenvalue weighted by molar-refractivity contribution is 5.97. The molecule has 0 bridgehead atoms. The molecule has 1 aliphatic heterocycles. The van der Waals surface area contributed by atoms with E-state index in [1.54, 1.807) is 12.3 Å². The lowest BCUT2D eigenvalue weighted by molar-refractivity contribution is 0.621. The molecular formula is C18H15FN6. The first-order valence-electron chi connectivity index (χ1n) is 8.23. The number of H-pyrrole nitrogens is 1. The van der Waals surface area contributed by atoms with Gasteiger partial charge in [0.25, 0.3) is 0 Å². The van der Waals surface area contributed by atoms with Gasteiger partial charge < -0.3 is 0 Å².